The summed E-state index contributed by atoms with van der Waals surface area (Å²) in [5, 5.41) is 7.02. The predicted octanol–water partition coefficient (Wildman–Crippen LogP) is 6.31. The minimum Gasteiger partial charge on any atom is -0.349 e. The molecule has 1 unspecified atom stereocenters. The van der Waals surface area contributed by atoms with Gasteiger partial charge in [0.05, 0.1) is 22.9 Å². The van der Waals surface area contributed by atoms with Crippen LogP contribution in [0.2, 0.25) is 0 Å². The molecule has 2 fully saturated rings. The van der Waals surface area contributed by atoms with Crippen LogP contribution in [0, 0.1) is 19.8 Å². The zero-order chi connectivity index (χ0) is 37.4. The molecule has 9 nitrogen and oxygen atoms in total. The van der Waals surface area contributed by atoms with Crippen LogP contribution < -0.4 is 10.6 Å². The third-order valence-electron chi connectivity index (χ3n) is 11.1. The molecule has 53 heavy (non-hydrogen) atoms. The van der Waals surface area contributed by atoms with Crippen LogP contribution in [0.3, 0.4) is 0 Å². The molecule has 0 radical (unpaired) electrons. The normalized spacial score (nSPS) is 20.0. The fraction of sp³-hybridized carbons (Fsp3) is 0.524. The first-order valence-electron chi connectivity index (χ1n) is 19.3. The third-order valence-corrected chi connectivity index (χ3v) is 11.1. The number of amides is 3. The van der Waals surface area contributed by atoms with Crippen molar-refractivity contribution in [2.24, 2.45) is 5.92 Å². The molecule has 0 bridgehead atoms. The van der Waals surface area contributed by atoms with Crippen LogP contribution in [0.1, 0.15) is 101 Å². The topological polar surface area (TPSA) is 97.9 Å². The summed E-state index contributed by atoms with van der Waals surface area (Å²) < 4.78 is 27.6. The van der Waals surface area contributed by atoms with E-state index in [1.165, 1.54) is 4.90 Å². The fourth-order valence-corrected chi connectivity index (χ4v) is 8.03. The van der Waals surface area contributed by atoms with E-state index in [1.807, 2.05) is 36.5 Å². The number of carbonyl (C=O) groups excluding carboxylic acids is 3. The molecule has 11 heteroatoms. The fourth-order valence-electron chi connectivity index (χ4n) is 8.03. The summed E-state index contributed by atoms with van der Waals surface area (Å²) in [6.45, 7) is 10.3. The van der Waals surface area contributed by atoms with Crippen molar-refractivity contribution in [3.05, 3.63) is 100 Å². The van der Waals surface area contributed by atoms with Gasteiger partial charge in [-0.2, -0.15) is 0 Å². The molecular formula is C42H54F2N6O3. The van der Waals surface area contributed by atoms with E-state index in [0.717, 1.165) is 80.9 Å². The molecule has 0 spiro atoms. The first-order valence-corrected chi connectivity index (χ1v) is 19.3. The summed E-state index contributed by atoms with van der Waals surface area (Å²) >= 11 is 0. The number of aryl methyl sites for hydroxylation is 2. The lowest BCUT2D eigenvalue weighted by molar-refractivity contribution is -0.130. The van der Waals surface area contributed by atoms with Gasteiger partial charge in [0.15, 0.2) is 0 Å². The van der Waals surface area contributed by atoms with Crippen molar-refractivity contribution in [2.75, 3.05) is 45.8 Å². The molecule has 1 aromatic heterocycles. The lowest BCUT2D eigenvalue weighted by Crippen LogP contribution is -2.46. The Morgan fingerprint density at radius 2 is 1.70 bits per heavy atom. The number of fused-ring (bicyclic) bond motifs is 1. The Balaban J connectivity index is 1.07. The van der Waals surface area contributed by atoms with Crippen molar-refractivity contribution in [1.29, 1.82) is 0 Å². The number of hydrogen-bond acceptors (Lipinski definition) is 7. The molecule has 3 heterocycles. The summed E-state index contributed by atoms with van der Waals surface area (Å²) in [5.74, 6) is -3.59. The van der Waals surface area contributed by atoms with Crippen LogP contribution in [0.25, 0.3) is 0 Å². The number of halogens is 2. The zero-order valence-electron chi connectivity index (χ0n) is 31.2. The number of carbonyl (C=O) groups is 3. The van der Waals surface area contributed by atoms with Crippen molar-refractivity contribution in [3.63, 3.8) is 0 Å². The average molecular weight is 729 g/mol. The largest absolute Gasteiger partial charge is 0.349 e. The van der Waals surface area contributed by atoms with Crippen LogP contribution >= 0.6 is 0 Å². The maximum Gasteiger partial charge on any atom is 0.261 e. The van der Waals surface area contributed by atoms with E-state index in [0.29, 0.717) is 30.6 Å². The van der Waals surface area contributed by atoms with Gasteiger partial charge in [-0.05, 0) is 101 Å². The number of unbranched alkanes of at least 4 members (excludes halogenated alkanes) is 1. The third kappa shape index (κ3) is 10.3. The van der Waals surface area contributed by atoms with E-state index >= 15 is 0 Å². The zero-order valence-corrected chi connectivity index (χ0v) is 31.2. The maximum atomic E-state index is 13.8. The second-order valence-corrected chi connectivity index (χ2v) is 15.2. The molecular weight excluding hydrogens is 674 g/mol. The van der Waals surface area contributed by atoms with Crippen LogP contribution in [-0.2, 0) is 11.3 Å². The quantitative estimate of drug-likeness (QED) is 0.140. The van der Waals surface area contributed by atoms with Gasteiger partial charge in [0.2, 0.25) is 11.8 Å². The SMILES string of the molecule is Cc1cnc(CN(CCCCN2C(=O)c3ccccc3C2=O)CC2CN(CC[C@H](NC(=O)C3CCC(F)(F)CC3)c3ccccc3)CCCN2)c(C)c1. The highest BCUT2D eigenvalue weighted by Gasteiger charge is 2.38. The number of nitrogens with zero attached hydrogens (tertiary/aromatic N) is 4. The van der Waals surface area contributed by atoms with Crippen molar-refractivity contribution in [3.8, 4) is 0 Å². The molecule has 1 saturated carbocycles. The van der Waals surface area contributed by atoms with Crippen molar-refractivity contribution < 1.29 is 23.2 Å². The lowest BCUT2D eigenvalue weighted by Gasteiger charge is -2.32. The Bertz CT molecular complexity index is 1680. The second-order valence-electron chi connectivity index (χ2n) is 15.2. The van der Waals surface area contributed by atoms with Gasteiger partial charge in [0.25, 0.3) is 11.8 Å². The number of imide groups is 1. The van der Waals surface area contributed by atoms with E-state index in [1.54, 1.807) is 24.3 Å². The standard InChI is InChI=1S/C42H54F2N6O3/c1-30-25-31(2)38(46-26-30)29-49(21-8-9-23-50-40(52)35-13-6-7-14-36(35)41(50)53)28-34-27-48(22-10-20-45-34)24-17-37(32-11-4-3-5-12-32)47-39(51)33-15-18-42(43,44)19-16-33/h3-7,11-14,25-26,33-34,37,45H,8-10,15-24,27-29H2,1-2H3,(H,47,51)/t34?,37-/m0/s1. The van der Waals surface area contributed by atoms with Crippen molar-refractivity contribution >= 4 is 17.7 Å². The molecule has 1 saturated heterocycles. The smallest absolute Gasteiger partial charge is 0.261 e. The Morgan fingerprint density at radius 1 is 1.00 bits per heavy atom. The van der Waals surface area contributed by atoms with E-state index in [2.05, 4.69) is 40.3 Å². The van der Waals surface area contributed by atoms with Gasteiger partial charge in [-0.1, -0.05) is 48.5 Å². The first kappa shape index (κ1) is 38.7. The molecule has 3 aliphatic rings. The molecule has 2 aromatic carbocycles. The molecule has 2 atom stereocenters. The van der Waals surface area contributed by atoms with Gasteiger partial charge in [-0.15, -0.1) is 0 Å². The number of rotatable bonds is 15. The summed E-state index contributed by atoms with van der Waals surface area (Å²) in [5.41, 5.74) is 5.33. The maximum absolute atomic E-state index is 13.8. The summed E-state index contributed by atoms with van der Waals surface area (Å²) in [7, 11) is 0. The molecule has 6 rings (SSSR count). The van der Waals surface area contributed by atoms with Crippen LogP contribution in [0.5, 0.6) is 0 Å². The average Bonchev–Trinajstić information content (AvgIpc) is 3.25. The van der Waals surface area contributed by atoms with Gasteiger partial charge in [-0.3, -0.25) is 29.2 Å². The Labute approximate surface area is 312 Å². The van der Waals surface area contributed by atoms with E-state index in [-0.39, 0.29) is 61.4 Å². The number of hydrogen-bond donors (Lipinski definition) is 2. The second kappa shape index (κ2) is 17.8. The van der Waals surface area contributed by atoms with Gasteiger partial charge in [-0.25, -0.2) is 8.78 Å². The highest BCUT2D eigenvalue weighted by atomic mass is 19.3. The molecule has 3 aromatic rings. The van der Waals surface area contributed by atoms with Crippen LogP contribution in [0.4, 0.5) is 8.78 Å². The number of benzene rings is 2. The highest BCUT2D eigenvalue weighted by molar-refractivity contribution is 6.21. The first-order chi connectivity index (χ1) is 25.6. The summed E-state index contributed by atoms with van der Waals surface area (Å²) in [6, 6.07) is 19.2. The lowest BCUT2D eigenvalue weighted by atomic mass is 9.86. The van der Waals surface area contributed by atoms with Gasteiger partial charge in [0, 0.05) is 63.7 Å². The minimum absolute atomic E-state index is 0.122. The number of alkyl halides is 2. The van der Waals surface area contributed by atoms with Gasteiger partial charge >= 0.3 is 0 Å². The molecule has 284 valence electrons. The van der Waals surface area contributed by atoms with E-state index in [4.69, 9.17) is 4.98 Å². The highest BCUT2D eigenvalue weighted by Crippen LogP contribution is 2.36. The Hall–Kier alpha value is -4.06. The summed E-state index contributed by atoms with van der Waals surface area (Å²) in [6.07, 6.45) is 5.16. The number of pyridine rings is 1. The molecule has 2 aliphatic heterocycles. The molecule has 2 N–H and O–H groups in total. The van der Waals surface area contributed by atoms with E-state index in [9.17, 15) is 23.2 Å². The van der Waals surface area contributed by atoms with Gasteiger partial charge < -0.3 is 15.5 Å². The Kier molecular flexibility index (Phi) is 13.0. The van der Waals surface area contributed by atoms with Crippen molar-refractivity contribution in [2.45, 2.75) is 89.8 Å². The minimum atomic E-state index is -2.67. The van der Waals surface area contributed by atoms with E-state index < -0.39 is 5.92 Å². The molecule has 1 aliphatic carbocycles. The van der Waals surface area contributed by atoms with Crippen LogP contribution in [0.15, 0.2) is 66.9 Å². The number of nitrogens with one attached hydrogen (secondary N) is 2. The predicted molar refractivity (Wildman–Crippen MR) is 202 cm³/mol. The molecule has 3 amide bonds. The summed E-state index contributed by atoms with van der Waals surface area (Å²) in [4.78, 5) is 50.2. The number of aromatic nitrogens is 1. The van der Waals surface area contributed by atoms with Gasteiger partial charge in [0.1, 0.15) is 0 Å². The monoisotopic (exact) mass is 728 g/mol. The van der Waals surface area contributed by atoms with Crippen molar-refractivity contribution in [1.82, 2.24) is 30.3 Å². The van der Waals surface area contributed by atoms with Crippen LogP contribution in [-0.4, -0.2) is 95.2 Å². The Morgan fingerprint density at radius 3 is 2.40 bits per heavy atom.